The van der Waals surface area contributed by atoms with E-state index in [9.17, 15) is 10.1 Å². The van der Waals surface area contributed by atoms with Gasteiger partial charge in [-0.05, 0) is 12.1 Å². The molecule has 1 aliphatic heterocycles. The van der Waals surface area contributed by atoms with E-state index >= 15 is 0 Å². The van der Waals surface area contributed by atoms with E-state index in [0.29, 0.717) is 19.8 Å². The molecule has 0 spiro atoms. The molecule has 0 atom stereocenters. The number of benzene rings is 1. The van der Waals surface area contributed by atoms with E-state index in [1.807, 2.05) is 0 Å². The molecule has 0 aliphatic carbocycles. The number of hydrogen-bond acceptors (Lipinski definition) is 7. The van der Waals surface area contributed by atoms with Crippen molar-refractivity contribution in [3.63, 3.8) is 0 Å². The Morgan fingerprint density at radius 1 is 1.23 bits per heavy atom. The molecule has 0 bridgehead atoms. The highest BCUT2D eigenvalue weighted by atomic mass is 16.6. The molecule has 4 N–H and O–H groups in total. The Bertz CT molecular complexity index is 503. The molecule has 1 aromatic rings. The van der Waals surface area contributed by atoms with Crippen molar-refractivity contribution in [3.05, 3.63) is 28.3 Å². The molecule has 1 aromatic carbocycles. The van der Waals surface area contributed by atoms with Crippen LogP contribution in [0.3, 0.4) is 0 Å². The maximum atomic E-state index is 10.8. The molecule has 22 heavy (non-hydrogen) atoms. The van der Waals surface area contributed by atoms with E-state index in [1.165, 1.54) is 6.07 Å². The number of ether oxygens (including phenoxy) is 1. The standard InChI is InChI=1S/C14H23N5O3/c15-3-9-22-10-8-17-4-6-18(7-5-17)12-1-2-14(19(20)21)13(16)11-12/h1-2,11H,3-10,15-16H2. The van der Waals surface area contributed by atoms with Crippen LogP contribution in [-0.4, -0.2) is 62.3 Å². The van der Waals surface area contributed by atoms with E-state index in [1.54, 1.807) is 12.1 Å². The Labute approximate surface area is 129 Å². The van der Waals surface area contributed by atoms with Crippen LogP contribution in [0, 0.1) is 10.1 Å². The number of nitrogen functional groups attached to an aromatic ring is 1. The Hall–Kier alpha value is -1.90. The first kappa shape index (κ1) is 16.5. The smallest absolute Gasteiger partial charge is 0.292 e. The third-order valence-electron chi connectivity index (χ3n) is 3.76. The van der Waals surface area contributed by atoms with Crippen LogP contribution < -0.4 is 16.4 Å². The minimum Gasteiger partial charge on any atom is -0.393 e. The maximum absolute atomic E-state index is 10.8. The van der Waals surface area contributed by atoms with Gasteiger partial charge in [-0.3, -0.25) is 15.0 Å². The molecule has 0 aromatic heterocycles. The zero-order chi connectivity index (χ0) is 15.9. The first-order valence-corrected chi connectivity index (χ1v) is 7.41. The van der Waals surface area contributed by atoms with Crippen LogP contribution in [0.4, 0.5) is 17.1 Å². The molecule has 2 rings (SSSR count). The first-order valence-electron chi connectivity index (χ1n) is 7.41. The summed E-state index contributed by atoms with van der Waals surface area (Å²) in [5.41, 5.74) is 12.2. The summed E-state index contributed by atoms with van der Waals surface area (Å²) in [4.78, 5) is 14.9. The molecule has 8 heteroatoms. The van der Waals surface area contributed by atoms with Crippen molar-refractivity contribution < 1.29 is 9.66 Å². The zero-order valence-corrected chi connectivity index (χ0v) is 12.6. The molecule has 0 unspecified atom stereocenters. The van der Waals surface area contributed by atoms with Crippen LogP contribution in [-0.2, 0) is 4.74 Å². The highest BCUT2D eigenvalue weighted by molar-refractivity contribution is 5.66. The number of nitrogens with zero attached hydrogens (tertiary/aromatic N) is 3. The molecule has 122 valence electrons. The Morgan fingerprint density at radius 2 is 1.95 bits per heavy atom. The number of nitrogens with two attached hydrogens (primary N) is 2. The lowest BCUT2D eigenvalue weighted by atomic mass is 10.2. The number of piperazine rings is 1. The van der Waals surface area contributed by atoms with E-state index < -0.39 is 4.92 Å². The summed E-state index contributed by atoms with van der Waals surface area (Å²) in [7, 11) is 0. The van der Waals surface area contributed by atoms with Gasteiger partial charge in [0.25, 0.3) is 5.69 Å². The second-order valence-electron chi connectivity index (χ2n) is 5.23. The van der Waals surface area contributed by atoms with Gasteiger partial charge >= 0.3 is 0 Å². The monoisotopic (exact) mass is 309 g/mol. The normalized spacial score (nSPS) is 16.0. The lowest BCUT2D eigenvalue weighted by molar-refractivity contribution is -0.383. The molecule has 0 radical (unpaired) electrons. The van der Waals surface area contributed by atoms with Crippen LogP contribution in [0.25, 0.3) is 0 Å². The lowest BCUT2D eigenvalue weighted by Gasteiger charge is -2.36. The molecule has 0 amide bonds. The third-order valence-corrected chi connectivity index (χ3v) is 3.76. The first-order chi connectivity index (χ1) is 10.6. The van der Waals surface area contributed by atoms with Gasteiger partial charge in [0.2, 0.25) is 0 Å². The second kappa shape index (κ2) is 7.92. The van der Waals surface area contributed by atoms with E-state index in [-0.39, 0.29) is 11.4 Å². The van der Waals surface area contributed by atoms with E-state index in [4.69, 9.17) is 16.2 Å². The molecular weight excluding hydrogens is 286 g/mol. The Morgan fingerprint density at radius 3 is 2.55 bits per heavy atom. The quantitative estimate of drug-likeness (QED) is 0.322. The second-order valence-corrected chi connectivity index (χ2v) is 5.23. The minimum atomic E-state index is -0.460. The van der Waals surface area contributed by atoms with Gasteiger partial charge in [-0.1, -0.05) is 0 Å². The van der Waals surface area contributed by atoms with Gasteiger partial charge in [0.05, 0.1) is 18.1 Å². The molecule has 8 nitrogen and oxygen atoms in total. The van der Waals surface area contributed by atoms with Gasteiger partial charge in [-0.15, -0.1) is 0 Å². The molecular formula is C14H23N5O3. The van der Waals surface area contributed by atoms with Crippen LogP contribution in [0.5, 0.6) is 0 Å². The number of anilines is 2. The summed E-state index contributed by atoms with van der Waals surface area (Å²) in [6.45, 7) is 6.35. The van der Waals surface area contributed by atoms with Crippen molar-refractivity contribution in [1.82, 2.24) is 4.90 Å². The SMILES string of the molecule is NCCOCCN1CCN(c2ccc([N+](=O)[O-])c(N)c2)CC1. The molecule has 1 fully saturated rings. The largest absolute Gasteiger partial charge is 0.393 e. The summed E-state index contributed by atoms with van der Waals surface area (Å²) >= 11 is 0. The maximum Gasteiger partial charge on any atom is 0.292 e. The molecule has 1 aliphatic rings. The van der Waals surface area contributed by atoms with Gasteiger partial charge < -0.3 is 21.1 Å². The average molecular weight is 309 g/mol. The average Bonchev–Trinajstić information content (AvgIpc) is 2.52. The van der Waals surface area contributed by atoms with E-state index in [0.717, 1.165) is 38.4 Å². The Kier molecular flexibility index (Phi) is 5.93. The molecule has 1 heterocycles. The Balaban J connectivity index is 1.84. The third kappa shape index (κ3) is 4.30. The van der Waals surface area contributed by atoms with Gasteiger partial charge in [0.1, 0.15) is 5.69 Å². The molecule has 1 saturated heterocycles. The van der Waals surface area contributed by atoms with Crippen molar-refractivity contribution in [2.45, 2.75) is 0 Å². The zero-order valence-electron chi connectivity index (χ0n) is 12.6. The highest BCUT2D eigenvalue weighted by Gasteiger charge is 2.19. The summed E-state index contributed by atoms with van der Waals surface area (Å²) in [5.74, 6) is 0. The predicted octanol–water partition coefficient (Wildman–Crippen LogP) is 0.274. The van der Waals surface area contributed by atoms with Crippen molar-refractivity contribution >= 4 is 17.1 Å². The fourth-order valence-corrected chi connectivity index (χ4v) is 2.51. The number of hydrogen-bond donors (Lipinski definition) is 2. The van der Waals surface area contributed by atoms with Crippen molar-refractivity contribution in [2.75, 3.05) is 63.1 Å². The van der Waals surface area contributed by atoms with Crippen molar-refractivity contribution in [3.8, 4) is 0 Å². The summed E-state index contributed by atoms with van der Waals surface area (Å²) in [6, 6.07) is 4.91. The van der Waals surface area contributed by atoms with Gasteiger partial charge in [-0.2, -0.15) is 0 Å². The predicted molar refractivity (Wildman–Crippen MR) is 86.0 cm³/mol. The number of rotatable bonds is 7. The highest BCUT2D eigenvalue weighted by Crippen LogP contribution is 2.27. The number of nitro benzene ring substituents is 1. The molecule has 0 saturated carbocycles. The van der Waals surface area contributed by atoms with Crippen LogP contribution >= 0.6 is 0 Å². The summed E-state index contributed by atoms with van der Waals surface area (Å²) < 4.78 is 5.39. The summed E-state index contributed by atoms with van der Waals surface area (Å²) in [5, 5.41) is 10.8. The van der Waals surface area contributed by atoms with Crippen LogP contribution in [0.15, 0.2) is 18.2 Å². The van der Waals surface area contributed by atoms with Gasteiger partial charge in [0, 0.05) is 51.0 Å². The topological polar surface area (TPSA) is 111 Å². The van der Waals surface area contributed by atoms with Gasteiger partial charge in [0.15, 0.2) is 0 Å². The minimum absolute atomic E-state index is 0.0422. The van der Waals surface area contributed by atoms with E-state index in [2.05, 4.69) is 9.80 Å². The summed E-state index contributed by atoms with van der Waals surface area (Å²) in [6.07, 6.45) is 0. The van der Waals surface area contributed by atoms with Crippen molar-refractivity contribution in [2.24, 2.45) is 5.73 Å². The fourth-order valence-electron chi connectivity index (χ4n) is 2.51. The lowest BCUT2D eigenvalue weighted by Crippen LogP contribution is -2.47. The van der Waals surface area contributed by atoms with Crippen molar-refractivity contribution in [1.29, 1.82) is 0 Å². The van der Waals surface area contributed by atoms with Crippen LogP contribution in [0.1, 0.15) is 0 Å². The van der Waals surface area contributed by atoms with Crippen LogP contribution in [0.2, 0.25) is 0 Å². The number of nitro groups is 1. The van der Waals surface area contributed by atoms with Gasteiger partial charge in [-0.25, -0.2) is 0 Å². The fraction of sp³-hybridized carbons (Fsp3) is 0.571.